The molecule has 4 N–H and O–H groups in total. The Morgan fingerprint density at radius 2 is 1.58 bits per heavy atom. The molecule has 0 spiro atoms. The Labute approximate surface area is 186 Å². The third-order valence-electron chi connectivity index (χ3n) is 4.19. The van der Waals surface area contributed by atoms with E-state index in [1.165, 1.54) is 7.11 Å². The van der Waals surface area contributed by atoms with Gasteiger partial charge in [-0.2, -0.15) is 0 Å². The van der Waals surface area contributed by atoms with Gasteiger partial charge in [0, 0.05) is 34.8 Å². The predicted octanol–water partition coefficient (Wildman–Crippen LogP) is 3.88. The van der Waals surface area contributed by atoms with Crippen molar-refractivity contribution in [2.45, 2.75) is 20.8 Å². The van der Waals surface area contributed by atoms with Crippen molar-refractivity contribution in [1.82, 2.24) is 10.6 Å². The molecule has 31 heavy (non-hydrogen) atoms. The molecule has 2 rings (SSSR count). The Bertz CT molecular complexity index is 940. The summed E-state index contributed by atoms with van der Waals surface area (Å²) in [5, 5.41) is 11.3. The third kappa shape index (κ3) is 7.49. The van der Waals surface area contributed by atoms with Gasteiger partial charge in [0.25, 0.3) is 5.91 Å². The van der Waals surface area contributed by atoms with Crippen LogP contribution in [0.1, 0.15) is 31.1 Å². The van der Waals surface area contributed by atoms with E-state index in [0.717, 1.165) is 0 Å². The van der Waals surface area contributed by atoms with E-state index in [1.807, 2.05) is 20.8 Å². The average Bonchev–Trinajstić information content (AvgIpc) is 2.71. The van der Waals surface area contributed by atoms with Crippen molar-refractivity contribution in [3.05, 3.63) is 53.1 Å². The van der Waals surface area contributed by atoms with E-state index < -0.39 is 11.4 Å². The SMILES string of the molecule is COc1ccc(Cl)cc1NC(=O)NCCNC(=O)c1ccc(NC(=O)C(C)(C)C)cc1. The zero-order chi connectivity index (χ0) is 23.0. The maximum absolute atomic E-state index is 12.2. The van der Waals surface area contributed by atoms with Gasteiger partial charge in [-0.1, -0.05) is 32.4 Å². The molecule has 0 fully saturated rings. The van der Waals surface area contributed by atoms with Crippen LogP contribution < -0.4 is 26.0 Å². The molecule has 0 unspecified atom stereocenters. The second-order valence-corrected chi connectivity index (χ2v) is 8.20. The molecule has 2 aromatic rings. The molecular weight excluding hydrogens is 420 g/mol. The second-order valence-electron chi connectivity index (χ2n) is 7.76. The van der Waals surface area contributed by atoms with Crippen molar-refractivity contribution in [3.8, 4) is 5.75 Å². The van der Waals surface area contributed by atoms with Gasteiger partial charge in [-0.25, -0.2) is 4.79 Å². The summed E-state index contributed by atoms with van der Waals surface area (Å²) in [6.07, 6.45) is 0. The van der Waals surface area contributed by atoms with Crippen LogP contribution in [-0.4, -0.2) is 38.0 Å². The number of urea groups is 1. The Kier molecular flexibility index (Phi) is 8.27. The lowest BCUT2D eigenvalue weighted by atomic mass is 9.95. The van der Waals surface area contributed by atoms with Crippen LogP contribution >= 0.6 is 11.6 Å². The van der Waals surface area contributed by atoms with Crippen molar-refractivity contribution in [3.63, 3.8) is 0 Å². The summed E-state index contributed by atoms with van der Waals surface area (Å²) in [6.45, 7) is 5.93. The van der Waals surface area contributed by atoms with Gasteiger partial charge >= 0.3 is 6.03 Å². The average molecular weight is 447 g/mol. The quantitative estimate of drug-likeness (QED) is 0.484. The number of hydrogen-bond acceptors (Lipinski definition) is 4. The largest absolute Gasteiger partial charge is 0.495 e. The smallest absolute Gasteiger partial charge is 0.319 e. The first-order valence-electron chi connectivity index (χ1n) is 9.68. The number of carbonyl (C=O) groups is 3. The van der Waals surface area contributed by atoms with E-state index >= 15 is 0 Å². The van der Waals surface area contributed by atoms with Crippen molar-refractivity contribution in [2.75, 3.05) is 30.8 Å². The van der Waals surface area contributed by atoms with E-state index in [2.05, 4.69) is 21.3 Å². The number of amides is 4. The molecule has 0 aliphatic heterocycles. The molecule has 0 heterocycles. The molecule has 0 aliphatic carbocycles. The summed E-state index contributed by atoms with van der Waals surface area (Å²) in [5.41, 5.74) is 0.996. The number of rotatable bonds is 7. The monoisotopic (exact) mass is 446 g/mol. The van der Waals surface area contributed by atoms with E-state index in [0.29, 0.717) is 27.7 Å². The number of ether oxygens (including phenoxy) is 1. The van der Waals surface area contributed by atoms with Gasteiger partial charge in [-0.3, -0.25) is 9.59 Å². The summed E-state index contributed by atoms with van der Waals surface area (Å²) in [5.74, 6) is 0.0897. The van der Waals surface area contributed by atoms with Gasteiger partial charge in [0.1, 0.15) is 5.75 Å². The van der Waals surface area contributed by atoms with Crippen LogP contribution in [0.2, 0.25) is 5.02 Å². The maximum Gasteiger partial charge on any atom is 0.319 e. The van der Waals surface area contributed by atoms with Crippen molar-refractivity contribution >= 4 is 40.8 Å². The minimum absolute atomic E-state index is 0.107. The minimum Gasteiger partial charge on any atom is -0.495 e. The molecule has 0 saturated heterocycles. The molecule has 0 bridgehead atoms. The summed E-state index contributed by atoms with van der Waals surface area (Å²) in [4.78, 5) is 36.3. The lowest BCUT2D eigenvalue weighted by molar-refractivity contribution is -0.123. The Hall–Kier alpha value is -3.26. The summed E-state index contributed by atoms with van der Waals surface area (Å²) in [6, 6.07) is 11.0. The van der Waals surface area contributed by atoms with E-state index in [4.69, 9.17) is 16.3 Å². The zero-order valence-electron chi connectivity index (χ0n) is 18.0. The van der Waals surface area contributed by atoms with Crippen LogP contribution in [-0.2, 0) is 4.79 Å². The predicted molar refractivity (Wildman–Crippen MR) is 122 cm³/mol. The zero-order valence-corrected chi connectivity index (χ0v) is 18.7. The molecule has 8 nitrogen and oxygen atoms in total. The highest BCUT2D eigenvalue weighted by atomic mass is 35.5. The Balaban J connectivity index is 1.77. The van der Waals surface area contributed by atoms with Crippen LogP contribution in [0, 0.1) is 5.41 Å². The number of halogens is 1. The van der Waals surface area contributed by atoms with Crippen molar-refractivity contribution < 1.29 is 19.1 Å². The van der Waals surface area contributed by atoms with E-state index in [1.54, 1.807) is 42.5 Å². The normalized spacial score (nSPS) is 10.7. The fraction of sp³-hybridized carbons (Fsp3) is 0.318. The molecule has 2 aromatic carbocycles. The van der Waals surface area contributed by atoms with Crippen LogP contribution in [0.15, 0.2) is 42.5 Å². The van der Waals surface area contributed by atoms with Gasteiger partial charge < -0.3 is 26.0 Å². The lowest BCUT2D eigenvalue weighted by Crippen LogP contribution is -2.36. The summed E-state index contributed by atoms with van der Waals surface area (Å²) in [7, 11) is 1.49. The molecule has 0 aromatic heterocycles. The molecule has 0 radical (unpaired) electrons. The maximum atomic E-state index is 12.2. The number of benzene rings is 2. The third-order valence-corrected chi connectivity index (χ3v) is 4.43. The number of hydrogen-bond donors (Lipinski definition) is 4. The molecule has 0 atom stereocenters. The van der Waals surface area contributed by atoms with E-state index in [9.17, 15) is 14.4 Å². The number of nitrogens with one attached hydrogen (secondary N) is 4. The van der Waals surface area contributed by atoms with Crippen molar-refractivity contribution in [1.29, 1.82) is 0 Å². The first-order chi connectivity index (χ1) is 14.6. The first-order valence-corrected chi connectivity index (χ1v) is 10.1. The van der Waals surface area contributed by atoms with Crippen molar-refractivity contribution in [2.24, 2.45) is 5.41 Å². The number of carbonyl (C=O) groups excluding carboxylic acids is 3. The molecule has 166 valence electrons. The van der Waals surface area contributed by atoms with Crippen LogP contribution in [0.5, 0.6) is 5.75 Å². The topological polar surface area (TPSA) is 109 Å². The molecule has 0 saturated carbocycles. The highest BCUT2D eigenvalue weighted by Gasteiger charge is 2.21. The molecule has 9 heteroatoms. The van der Waals surface area contributed by atoms with Crippen LogP contribution in [0.3, 0.4) is 0 Å². The number of methoxy groups -OCH3 is 1. The highest BCUT2D eigenvalue weighted by molar-refractivity contribution is 6.31. The Morgan fingerprint density at radius 1 is 0.935 bits per heavy atom. The van der Waals surface area contributed by atoms with Gasteiger partial charge in [-0.15, -0.1) is 0 Å². The first kappa shape index (κ1) is 24.0. The molecule has 0 aliphatic rings. The second kappa shape index (κ2) is 10.7. The fourth-order valence-corrected chi connectivity index (χ4v) is 2.59. The minimum atomic E-state index is -0.507. The van der Waals surface area contributed by atoms with Crippen LogP contribution in [0.4, 0.5) is 16.2 Å². The summed E-state index contributed by atoms with van der Waals surface area (Å²) < 4.78 is 5.17. The Morgan fingerprint density at radius 3 is 2.19 bits per heavy atom. The summed E-state index contributed by atoms with van der Waals surface area (Å²) >= 11 is 5.94. The fourth-order valence-electron chi connectivity index (χ4n) is 2.42. The number of anilines is 2. The highest BCUT2D eigenvalue weighted by Crippen LogP contribution is 2.27. The molecular formula is C22H27ClN4O4. The van der Waals surface area contributed by atoms with Gasteiger partial charge in [-0.05, 0) is 42.5 Å². The van der Waals surface area contributed by atoms with Gasteiger partial charge in [0.15, 0.2) is 0 Å². The van der Waals surface area contributed by atoms with Gasteiger partial charge in [0.05, 0.1) is 12.8 Å². The van der Waals surface area contributed by atoms with E-state index in [-0.39, 0.29) is 24.9 Å². The molecule has 4 amide bonds. The standard InChI is InChI=1S/C22H27ClN4O4/c1-22(2,3)20(29)26-16-8-5-14(6-9-16)19(28)24-11-12-25-21(30)27-17-13-15(23)7-10-18(17)31-4/h5-10,13H,11-12H2,1-4H3,(H,24,28)(H,26,29)(H2,25,27,30). The van der Waals surface area contributed by atoms with Gasteiger partial charge in [0.2, 0.25) is 5.91 Å². The lowest BCUT2D eigenvalue weighted by Gasteiger charge is -2.17. The van der Waals surface area contributed by atoms with Crippen LogP contribution in [0.25, 0.3) is 0 Å².